The Morgan fingerprint density at radius 2 is 1.87 bits per heavy atom. The van der Waals surface area contributed by atoms with Crippen molar-refractivity contribution in [2.45, 2.75) is 46.0 Å². The third-order valence-electron chi connectivity index (χ3n) is 5.91. The Bertz CT molecular complexity index is 932. The number of rotatable bonds is 5. The highest BCUT2D eigenvalue weighted by Crippen LogP contribution is 2.34. The van der Waals surface area contributed by atoms with Gasteiger partial charge in [-0.15, -0.1) is 0 Å². The van der Waals surface area contributed by atoms with Crippen molar-refractivity contribution < 1.29 is 9.18 Å². The van der Waals surface area contributed by atoms with Gasteiger partial charge in [-0.05, 0) is 37.8 Å². The van der Waals surface area contributed by atoms with Crippen LogP contribution >= 0.6 is 11.6 Å². The summed E-state index contributed by atoms with van der Waals surface area (Å²) >= 11 is 6.33. The molecule has 2 heterocycles. The molecule has 30 heavy (non-hydrogen) atoms. The van der Waals surface area contributed by atoms with Gasteiger partial charge in [0.05, 0.1) is 5.69 Å². The van der Waals surface area contributed by atoms with Crippen LogP contribution in [0.25, 0.3) is 0 Å². The van der Waals surface area contributed by atoms with Crippen LogP contribution in [0.1, 0.15) is 55.3 Å². The molecule has 5 nitrogen and oxygen atoms in total. The average Bonchev–Trinajstić information content (AvgIpc) is 3.56. The molecular weight excluding hydrogens is 403 g/mol. The number of benzene rings is 1. The number of hydrogen-bond acceptors (Lipinski definition) is 4. The third-order valence-corrected chi connectivity index (χ3v) is 6.26. The van der Waals surface area contributed by atoms with E-state index in [-0.39, 0.29) is 23.6 Å². The maximum absolute atomic E-state index is 14.6. The van der Waals surface area contributed by atoms with Gasteiger partial charge in [0.2, 0.25) is 5.91 Å². The van der Waals surface area contributed by atoms with Crippen LogP contribution in [0.2, 0.25) is 5.02 Å². The highest BCUT2D eigenvalue weighted by atomic mass is 35.5. The molecule has 0 spiro atoms. The second kappa shape index (κ2) is 8.50. The second-order valence-corrected chi connectivity index (χ2v) is 8.98. The van der Waals surface area contributed by atoms with Crippen molar-refractivity contribution in [3.8, 4) is 0 Å². The summed E-state index contributed by atoms with van der Waals surface area (Å²) in [4.78, 5) is 26.0. The van der Waals surface area contributed by atoms with Crippen LogP contribution in [0.4, 0.5) is 10.2 Å². The zero-order valence-electron chi connectivity index (χ0n) is 17.8. The molecular formula is C23H28ClFN4O. The number of carbonyl (C=O) groups excluding carboxylic acids is 1. The molecule has 0 unspecified atom stereocenters. The zero-order valence-corrected chi connectivity index (χ0v) is 18.5. The van der Waals surface area contributed by atoms with Crippen molar-refractivity contribution >= 4 is 23.3 Å². The molecule has 0 radical (unpaired) electrons. The van der Waals surface area contributed by atoms with Gasteiger partial charge in [-0.3, -0.25) is 4.79 Å². The van der Waals surface area contributed by atoms with Crippen LogP contribution in [-0.2, 0) is 11.2 Å². The van der Waals surface area contributed by atoms with Gasteiger partial charge in [-0.2, -0.15) is 0 Å². The summed E-state index contributed by atoms with van der Waals surface area (Å²) in [6, 6.07) is 4.77. The van der Waals surface area contributed by atoms with E-state index in [2.05, 4.69) is 18.7 Å². The van der Waals surface area contributed by atoms with Crippen molar-refractivity contribution in [1.29, 1.82) is 0 Å². The van der Waals surface area contributed by atoms with E-state index in [1.807, 2.05) is 11.8 Å². The molecule has 1 aromatic carbocycles. The Hall–Kier alpha value is -2.21. The van der Waals surface area contributed by atoms with Crippen LogP contribution in [0, 0.1) is 18.7 Å². The number of piperazine rings is 1. The van der Waals surface area contributed by atoms with Gasteiger partial charge in [0.1, 0.15) is 17.5 Å². The number of aromatic nitrogens is 2. The van der Waals surface area contributed by atoms with Gasteiger partial charge in [-0.25, -0.2) is 14.4 Å². The van der Waals surface area contributed by atoms with E-state index >= 15 is 0 Å². The molecule has 1 aliphatic carbocycles. The summed E-state index contributed by atoms with van der Waals surface area (Å²) in [6.07, 6.45) is 2.39. The molecule has 1 aromatic heterocycles. The molecule has 7 heteroatoms. The van der Waals surface area contributed by atoms with Crippen LogP contribution < -0.4 is 4.90 Å². The van der Waals surface area contributed by atoms with E-state index in [0.717, 1.165) is 29.9 Å². The topological polar surface area (TPSA) is 49.3 Å². The number of anilines is 1. The van der Waals surface area contributed by atoms with Gasteiger partial charge in [-0.1, -0.05) is 31.5 Å². The van der Waals surface area contributed by atoms with Crippen LogP contribution in [0.5, 0.6) is 0 Å². The fourth-order valence-corrected chi connectivity index (χ4v) is 4.35. The first-order valence-electron chi connectivity index (χ1n) is 10.7. The summed E-state index contributed by atoms with van der Waals surface area (Å²) in [5.41, 5.74) is 2.31. The second-order valence-electron chi connectivity index (χ2n) is 8.58. The van der Waals surface area contributed by atoms with Crippen LogP contribution in [0.15, 0.2) is 18.2 Å². The van der Waals surface area contributed by atoms with Crippen molar-refractivity contribution in [3.05, 3.63) is 51.7 Å². The first-order chi connectivity index (χ1) is 14.3. The van der Waals surface area contributed by atoms with Gasteiger partial charge in [0.15, 0.2) is 0 Å². The Labute approximate surface area is 182 Å². The minimum Gasteiger partial charge on any atom is -0.353 e. The normalized spacial score (nSPS) is 17.0. The lowest BCUT2D eigenvalue weighted by Crippen LogP contribution is -2.49. The first-order valence-corrected chi connectivity index (χ1v) is 11.1. The lowest BCUT2D eigenvalue weighted by atomic mass is 9.97. The molecule has 2 fully saturated rings. The standard InChI is InChI=1S/C23H28ClFN4O/c1-14(2)21-18(13-17-19(24)5-4-6-20(17)25)22(27-15(3)26-21)28-9-11-29(12-10-28)23(30)16-7-8-16/h4-6,14,16H,7-13H2,1-3H3. The lowest BCUT2D eigenvalue weighted by molar-refractivity contribution is -0.132. The summed E-state index contributed by atoms with van der Waals surface area (Å²) in [5, 5.41) is 0.413. The number of hydrogen-bond donors (Lipinski definition) is 0. The van der Waals surface area contributed by atoms with Gasteiger partial charge in [0.25, 0.3) is 0 Å². The molecule has 4 rings (SSSR count). The molecule has 1 saturated heterocycles. The summed E-state index contributed by atoms with van der Waals surface area (Å²) < 4.78 is 14.6. The predicted octanol–water partition coefficient (Wildman–Crippen LogP) is 4.35. The molecule has 160 valence electrons. The average molecular weight is 431 g/mol. The monoisotopic (exact) mass is 430 g/mol. The number of aryl methyl sites for hydroxylation is 1. The van der Waals surface area contributed by atoms with Crippen LogP contribution in [-0.4, -0.2) is 47.0 Å². The van der Waals surface area contributed by atoms with Crippen molar-refractivity contribution in [2.75, 3.05) is 31.1 Å². The minimum absolute atomic E-state index is 0.170. The Morgan fingerprint density at radius 3 is 2.47 bits per heavy atom. The smallest absolute Gasteiger partial charge is 0.225 e. The molecule has 2 aromatic rings. The maximum atomic E-state index is 14.6. The van der Waals surface area contributed by atoms with E-state index < -0.39 is 0 Å². The van der Waals surface area contributed by atoms with E-state index in [1.165, 1.54) is 6.07 Å². The molecule has 0 bridgehead atoms. The minimum atomic E-state index is -0.316. The lowest BCUT2D eigenvalue weighted by Gasteiger charge is -2.37. The van der Waals surface area contributed by atoms with E-state index in [9.17, 15) is 9.18 Å². The fourth-order valence-electron chi connectivity index (χ4n) is 4.12. The van der Waals surface area contributed by atoms with Crippen molar-refractivity contribution in [2.24, 2.45) is 5.92 Å². The summed E-state index contributed by atoms with van der Waals surface area (Å²) in [7, 11) is 0. The SMILES string of the molecule is Cc1nc(C(C)C)c(Cc2c(F)cccc2Cl)c(N2CCN(C(=O)C3CC3)CC2)n1. The van der Waals surface area contributed by atoms with Crippen LogP contribution in [0.3, 0.4) is 0 Å². The number of halogens is 2. The first kappa shape index (κ1) is 21.0. The van der Waals surface area contributed by atoms with Gasteiger partial charge < -0.3 is 9.80 Å². The van der Waals surface area contributed by atoms with E-state index in [4.69, 9.17) is 21.6 Å². The van der Waals surface area contributed by atoms with E-state index in [1.54, 1.807) is 12.1 Å². The van der Waals surface area contributed by atoms with E-state index in [0.29, 0.717) is 49.0 Å². The Balaban J connectivity index is 1.66. The predicted molar refractivity (Wildman–Crippen MR) is 117 cm³/mol. The van der Waals surface area contributed by atoms with Gasteiger partial charge in [0, 0.05) is 54.7 Å². The molecule has 1 aliphatic heterocycles. The third kappa shape index (κ3) is 4.29. The highest BCUT2D eigenvalue weighted by molar-refractivity contribution is 6.31. The van der Waals surface area contributed by atoms with Crippen molar-refractivity contribution in [1.82, 2.24) is 14.9 Å². The Morgan fingerprint density at radius 1 is 1.17 bits per heavy atom. The molecule has 0 atom stereocenters. The van der Waals surface area contributed by atoms with Gasteiger partial charge >= 0.3 is 0 Å². The number of nitrogens with zero attached hydrogens (tertiary/aromatic N) is 4. The maximum Gasteiger partial charge on any atom is 0.225 e. The zero-order chi connectivity index (χ0) is 21.4. The quantitative estimate of drug-likeness (QED) is 0.707. The summed E-state index contributed by atoms with van der Waals surface area (Å²) in [6.45, 7) is 8.87. The summed E-state index contributed by atoms with van der Waals surface area (Å²) in [5.74, 6) is 1.92. The number of amides is 1. The highest BCUT2D eigenvalue weighted by Gasteiger charge is 2.35. The molecule has 1 saturated carbocycles. The Kier molecular flexibility index (Phi) is 5.96. The van der Waals surface area contributed by atoms with Crippen molar-refractivity contribution in [3.63, 3.8) is 0 Å². The molecule has 2 aliphatic rings. The largest absolute Gasteiger partial charge is 0.353 e. The number of carbonyl (C=O) groups is 1. The molecule has 1 amide bonds. The molecule has 0 N–H and O–H groups in total. The fraction of sp³-hybridized carbons (Fsp3) is 0.522.